The van der Waals surface area contributed by atoms with E-state index in [2.05, 4.69) is 10.9 Å². The SMILES string of the molecule is COc1cccc(C2NNC(=O)O2)c1. The van der Waals surface area contributed by atoms with E-state index in [1.165, 1.54) is 0 Å². The van der Waals surface area contributed by atoms with Crippen molar-refractivity contribution in [3.05, 3.63) is 29.8 Å². The van der Waals surface area contributed by atoms with Gasteiger partial charge in [0.05, 0.1) is 7.11 Å². The molecule has 0 aliphatic carbocycles. The summed E-state index contributed by atoms with van der Waals surface area (Å²) in [6.45, 7) is 0. The van der Waals surface area contributed by atoms with Crippen molar-refractivity contribution in [2.24, 2.45) is 0 Å². The normalized spacial score (nSPS) is 20.1. The molecule has 1 fully saturated rings. The Morgan fingerprint density at radius 1 is 1.50 bits per heavy atom. The highest BCUT2D eigenvalue weighted by Crippen LogP contribution is 2.21. The van der Waals surface area contributed by atoms with Gasteiger partial charge < -0.3 is 9.47 Å². The second-order valence-electron chi connectivity index (χ2n) is 2.83. The Kier molecular flexibility index (Phi) is 2.24. The molecule has 5 heteroatoms. The lowest BCUT2D eigenvalue weighted by Gasteiger charge is -2.09. The Hall–Kier alpha value is -1.75. The molecule has 74 valence electrons. The molecule has 0 aromatic heterocycles. The lowest BCUT2D eigenvalue weighted by atomic mass is 10.2. The maximum atomic E-state index is 10.8. The molecular formula is C9H10N2O3. The van der Waals surface area contributed by atoms with Crippen LogP contribution in [0.3, 0.4) is 0 Å². The smallest absolute Gasteiger partial charge is 0.423 e. The van der Waals surface area contributed by atoms with Crippen LogP contribution in [0.1, 0.15) is 11.8 Å². The minimum atomic E-state index is -0.474. The number of rotatable bonds is 2. The zero-order valence-corrected chi connectivity index (χ0v) is 7.61. The van der Waals surface area contributed by atoms with Gasteiger partial charge in [0.25, 0.3) is 0 Å². The number of cyclic esters (lactones) is 1. The predicted octanol–water partition coefficient (Wildman–Crippen LogP) is 0.938. The minimum Gasteiger partial charge on any atom is -0.497 e. The molecule has 1 atom stereocenters. The molecular weight excluding hydrogens is 184 g/mol. The standard InChI is InChI=1S/C9H10N2O3/c1-13-7-4-2-3-6(5-7)8-10-11-9(12)14-8/h2-5,8,10H,1H3,(H,11,12). The lowest BCUT2D eigenvalue weighted by molar-refractivity contribution is 0.130. The van der Waals surface area contributed by atoms with Crippen molar-refractivity contribution in [1.29, 1.82) is 0 Å². The Morgan fingerprint density at radius 2 is 2.36 bits per heavy atom. The second kappa shape index (κ2) is 3.55. The third kappa shape index (κ3) is 1.62. The fourth-order valence-corrected chi connectivity index (χ4v) is 1.25. The van der Waals surface area contributed by atoms with Crippen molar-refractivity contribution in [2.75, 3.05) is 7.11 Å². The molecule has 1 aromatic rings. The highest BCUT2D eigenvalue weighted by molar-refractivity contribution is 5.68. The molecule has 1 aromatic carbocycles. The second-order valence-corrected chi connectivity index (χ2v) is 2.83. The summed E-state index contributed by atoms with van der Waals surface area (Å²) in [5.74, 6) is 0.729. The van der Waals surface area contributed by atoms with E-state index in [1.807, 2.05) is 18.2 Å². The van der Waals surface area contributed by atoms with Crippen molar-refractivity contribution < 1.29 is 14.3 Å². The van der Waals surface area contributed by atoms with Gasteiger partial charge in [-0.1, -0.05) is 12.1 Å². The highest BCUT2D eigenvalue weighted by Gasteiger charge is 2.23. The average molecular weight is 194 g/mol. The first kappa shape index (κ1) is 8.83. The molecule has 5 nitrogen and oxygen atoms in total. The van der Waals surface area contributed by atoms with Crippen molar-refractivity contribution >= 4 is 6.09 Å². The van der Waals surface area contributed by atoms with Crippen molar-refractivity contribution in [2.45, 2.75) is 6.23 Å². The highest BCUT2D eigenvalue weighted by atomic mass is 16.6. The number of hydrazine groups is 1. The van der Waals surface area contributed by atoms with Gasteiger partial charge in [0, 0.05) is 5.56 Å². The molecule has 2 rings (SSSR count). The third-order valence-electron chi connectivity index (χ3n) is 1.93. The van der Waals surface area contributed by atoms with E-state index in [0.29, 0.717) is 0 Å². The number of ether oxygens (including phenoxy) is 2. The summed E-state index contributed by atoms with van der Waals surface area (Å²) in [5.41, 5.74) is 5.89. The monoisotopic (exact) mass is 194 g/mol. The van der Waals surface area contributed by atoms with Gasteiger partial charge in [-0.05, 0) is 12.1 Å². The van der Waals surface area contributed by atoms with Gasteiger partial charge in [0.1, 0.15) is 5.75 Å². The first-order chi connectivity index (χ1) is 6.79. The summed E-state index contributed by atoms with van der Waals surface area (Å²) in [7, 11) is 1.59. The Morgan fingerprint density at radius 3 is 3.00 bits per heavy atom. The third-order valence-corrected chi connectivity index (χ3v) is 1.93. The van der Waals surface area contributed by atoms with Crippen LogP contribution in [-0.4, -0.2) is 13.2 Å². The number of carbonyl (C=O) groups is 1. The number of benzene rings is 1. The summed E-state index contributed by atoms with van der Waals surface area (Å²) in [5, 5.41) is 0. The lowest BCUT2D eigenvalue weighted by Crippen LogP contribution is -2.26. The maximum absolute atomic E-state index is 10.8. The Bertz CT molecular complexity index is 354. The number of nitrogens with one attached hydrogen (secondary N) is 2. The molecule has 1 amide bonds. The number of amides is 1. The van der Waals surface area contributed by atoms with Gasteiger partial charge in [0.15, 0.2) is 6.23 Å². The molecule has 1 aliphatic rings. The molecule has 1 aliphatic heterocycles. The number of carbonyl (C=O) groups excluding carboxylic acids is 1. The van der Waals surface area contributed by atoms with Crippen LogP contribution in [0.25, 0.3) is 0 Å². The molecule has 0 spiro atoms. The molecule has 1 saturated heterocycles. The molecule has 0 saturated carbocycles. The molecule has 1 heterocycles. The first-order valence-corrected chi connectivity index (χ1v) is 4.16. The predicted molar refractivity (Wildman–Crippen MR) is 48.5 cm³/mol. The molecule has 2 N–H and O–H groups in total. The minimum absolute atomic E-state index is 0.447. The van der Waals surface area contributed by atoms with Crippen molar-refractivity contribution in [1.82, 2.24) is 10.9 Å². The van der Waals surface area contributed by atoms with Crippen LogP contribution in [0, 0.1) is 0 Å². The van der Waals surface area contributed by atoms with Crippen molar-refractivity contribution in [3.8, 4) is 5.75 Å². The van der Waals surface area contributed by atoms with Gasteiger partial charge in [-0.15, -0.1) is 0 Å². The van der Waals surface area contributed by atoms with E-state index in [4.69, 9.17) is 9.47 Å². The van der Waals surface area contributed by atoms with Gasteiger partial charge in [-0.3, -0.25) is 5.43 Å². The molecule has 0 radical (unpaired) electrons. The van der Waals surface area contributed by atoms with Crippen LogP contribution >= 0.6 is 0 Å². The van der Waals surface area contributed by atoms with E-state index in [9.17, 15) is 4.79 Å². The zero-order valence-electron chi connectivity index (χ0n) is 7.61. The fraction of sp³-hybridized carbons (Fsp3) is 0.222. The van der Waals surface area contributed by atoms with Gasteiger partial charge in [-0.25, -0.2) is 4.79 Å². The van der Waals surface area contributed by atoms with E-state index >= 15 is 0 Å². The summed E-state index contributed by atoms with van der Waals surface area (Å²) < 4.78 is 9.98. The van der Waals surface area contributed by atoms with Crippen LogP contribution in [0.15, 0.2) is 24.3 Å². The molecule has 0 bridgehead atoms. The summed E-state index contributed by atoms with van der Waals surface area (Å²) in [6, 6.07) is 7.31. The van der Waals surface area contributed by atoms with Crippen LogP contribution < -0.4 is 15.6 Å². The van der Waals surface area contributed by atoms with Crippen LogP contribution in [0.5, 0.6) is 5.75 Å². The largest absolute Gasteiger partial charge is 0.497 e. The molecule has 1 unspecified atom stereocenters. The summed E-state index contributed by atoms with van der Waals surface area (Å²) in [6.07, 6.45) is -0.921. The van der Waals surface area contributed by atoms with Crippen molar-refractivity contribution in [3.63, 3.8) is 0 Å². The number of hydrogen-bond acceptors (Lipinski definition) is 4. The van der Waals surface area contributed by atoms with E-state index < -0.39 is 12.3 Å². The summed E-state index contributed by atoms with van der Waals surface area (Å²) in [4.78, 5) is 10.8. The Labute approximate surface area is 81.0 Å². The van der Waals surface area contributed by atoms with E-state index in [-0.39, 0.29) is 0 Å². The summed E-state index contributed by atoms with van der Waals surface area (Å²) >= 11 is 0. The van der Waals surface area contributed by atoms with Crippen LogP contribution in [0.4, 0.5) is 4.79 Å². The van der Waals surface area contributed by atoms with Gasteiger partial charge in [-0.2, -0.15) is 5.43 Å². The first-order valence-electron chi connectivity index (χ1n) is 4.16. The van der Waals surface area contributed by atoms with Gasteiger partial charge >= 0.3 is 6.09 Å². The maximum Gasteiger partial charge on any atom is 0.423 e. The van der Waals surface area contributed by atoms with Crippen LogP contribution in [0.2, 0.25) is 0 Å². The number of methoxy groups -OCH3 is 1. The average Bonchev–Trinajstić information content (AvgIpc) is 2.65. The topological polar surface area (TPSA) is 59.6 Å². The quantitative estimate of drug-likeness (QED) is 0.735. The zero-order chi connectivity index (χ0) is 9.97. The number of hydrogen-bond donors (Lipinski definition) is 2. The fourth-order valence-electron chi connectivity index (χ4n) is 1.25. The Balaban J connectivity index is 2.19. The van der Waals surface area contributed by atoms with E-state index in [1.54, 1.807) is 13.2 Å². The van der Waals surface area contributed by atoms with Gasteiger partial charge in [0.2, 0.25) is 0 Å². The molecule has 14 heavy (non-hydrogen) atoms. The van der Waals surface area contributed by atoms with Crippen LogP contribution in [-0.2, 0) is 4.74 Å². The van der Waals surface area contributed by atoms with E-state index in [0.717, 1.165) is 11.3 Å².